The van der Waals surface area contributed by atoms with Gasteiger partial charge in [-0.25, -0.2) is 0 Å². The van der Waals surface area contributed by atoms with Crippen LogP contribution >= 0.6 is 15.9 Å². The van der Waals surface area contributed by atoms with Gasteiger partial charge in [-0.2, -0.15) is 0 Å². The molecule has 0 spiro atoms. The molecular weight excluding hydrogens is 322 g/mol. The van der Waals surface area contributed by atoms with Crippen molar-refractivity contribution in [3.63, 3.8) is 0 Å². The molecule has 0 radical (unpaired) electrons. The van der Waals surface area contributed by atoms with Crippen LogP contribution in [0.25, 0.3) is 11.5 Å². The molecule has 106 valence electrons. The van der Waals surface area contributed by atoms with E-state index in [1.54, 1.807) is 0 Å². The van der Waals surface area contributed by atoms with Crippen molar-refractivity contribution in [2.75, 3.05) is 10.6 Å². The molecular formula is C14H16BrN3O2. The highest BCUT2D eigenvalue weighted by atomic mass is 79.9. The minimum atomic E-state index is 0.0413. The van der Waals surface area contributed by atoms with E-state index in [1.165, 1.54) is 6.39 Å². The van der Waals surface area contributed by atoms with E-state index >= 15 is 0 Å². The molecule has 20 heavy (non-hydrogen) atoms. The number of hydrogen-bond donors (Lipinski definition) is 1. The summed E-state index contributed by atoms with van der Waals surface area (Å²) in [7, 11) is 0. The lowest BCUT2D eigenvalue weighted by Gasteiger charge is -2.09. The highest BCUT2D eigenvalue weighted by Crippen LogP contribution is 2.23. The first kappa shape index (κ1) is 14.7. The number of rotatable bonds is 6. The Morgan fingerprint density at radius 3 is 2.90 bits per heavy atom. The normalized spacial score (nSPS) is 10.5. The van der Waals surface area contributed by atoms with Crippen molar-refractivity contribution in [2.45, 2.75) is 26.2 Å². The topological polar surface area (TPSA) is 68.0 Å². The first-order chi connectivity index (χ1) is 9.70. The predicted octanol–water partition coefficient (Wildman–Crippen LogP) is 3.55. The van der Waals surface area contributed by atoms with Gasteiger partial charge in [-0.1, -0.05) is 15.9 Å². The number of benzene rings is 1. The second-order valence-corrected chi connectivity index (χ2v) is 5.26. The molecule has 2 rings (SSSR count). The second kappa shape index (κ2) is 7.19. The Bertz CT molecular complexity index is 570. The number of anilines is 1. The lowest BCUT2D eigenvalue weighted by atomic mass is 10.1. The summed E-state index contributed by atoms with van der Waals surface area (Å²) in [5.41, 5.74) is 2.63. The number of carbonyl (C=O) groups excluding carboxylic acids is 1. The van der Waals surface area contributed by atoms with Crippen molar-refractivity contribution in [2.24, 2.45) is 0 Å². The van der Waals surface area contributed by atoms with Gasteiger partial charge < -0.3 is 9.73 Å². The SMILES string of the molecule is Cc1cc(-c2nnco2)ccc1NC(=O)CCCCBr. The summed E-state index contributed by atoms with van der Waals surface area (Å²) in [5, 5.41) is 11.4. The van der Waals surface area contributed by atoms with Crippen LogP contribution in [0.2, 0.25) is 0 Å². The third kappa shape index (κ3) is 3.90. The van der Waals surface area contributed by atoms with Gasteiger partial charge in [-0.05, 0) is 43.5 Å². The molecule has 1 heterocycles. The van der Waals surface area contributed by atoms with Crippen LogP contribution in [-0.2, 0) is 4.79 Å². The van der Waals surface area contributed by atoms with Crippen LogP contribution in [0.1, 0.15) is 24.8 Å². The van der Waals surface area contributed by atoms with Crippen molar-refractivity contribution in [1.82, 2.24) is 10.2 Å². The first-order valence-corrected chi connectivity index (χ1v) is 7.56. The number of aryl methyl sites for hydroxylation is 1. The smallest absolute Gasteiger partial charge is 0.247 e. The highest BCUT2D eigenvalue weighted by Gasteiger charge is 2.08. The summed E-state index contributed by atoms with van der Waals surface area (Å²) < 4.78 is 5.15. The molecule has 0 atom stereocenters. The van der Waals surface area contributed by atoms with E-state index in [-0.39, 0.29) is 5.91 Å². The third-order valence-corrected chi connectivity index (χ3v) is 3.46. The van der Waals surface area contributed by atoms with E-state index in [1.807, 2.05) is 25.1 Å². The number of alkyl halides is 1. The number of halogens is 1. The van der Waals surface area contributed by atoms with Crippen LogP contribution in [0.15, 0.2) is 29.0 Å². The quantitative estimate of drug-likeness (QED) is 0.646. The minimum Gasteiger partial charge on any atom is -0.423 e. The maximum atomic E-state index is 11.8. The summed E-state index contributed by atoms with van der Waals surface area (Å²) >= 11 is 3.35. The number of unbranched alkanes of at least 4 members (excludes halogenated alkanes) is 1. The van der Waals surface area contributed by atoms with Gasteiger partial charge in [0, 0.05) is 23.0 Å². The highest BCUT2D eigenvalue weighted by molar-refractivity contribution is 9.09. The fourth-order valence-corrected chi connectivity index (χ4v) is 2.23. The zero-order valence-electron chi connectivity index (χ0n) is 11.2. The van der Waals surface area contributed by atoms with Crippen LogP contribution in [0.4, 0.5) is 5.69 Å². The van der Waals surface area contributed by atoms with E-state index in [4.69, 9.17) is 4.42 Å². The van der Waals surface area contributed by atoms with E-state index < -0.39 is 0 Å². The molecule has 1 aromatic carbocycles. The van der Waals surface area contributed by atoms with E-state index in [0.717, 1.165) is 35.0 Å². The number of aromatic nitrogens is 2. The number of nitrogens with zero attached hydrogens (tertiary/aromatic N) is 2. The van der Waals surface area contributed by atoms with Gasteiger partial charge in [0.1, 0.15) is 0 Å². The first-order valence-electron chi connectivity index (χ1n) is 6.43. The fraction of sp³-hybridized carbons (Fsp3) is 0.357. The van der Waals surface area contributed by atoms with E-state index in [0.29, 0.717) is 12.3 Å². The van der Waals surface area contributed by atoms with Crippen molar-refractivity contribution < 1.29 is 9.21 Å². The molecule has 0 fully saturated rings. The Balaban J connectivity index is 2.01. The molecule has 0 aliphatic carbocycles. The molecule has 5 nitrogen and oxygen atoms in total. The van der Waals surface area contributed by atoms with Crippen molar-refractivity contribution >= 4 is 27.5 Å². The lowest BCUT2D eigenvalue weighted by molar-refractivity contribution is -0.116. The van der Waals surface area contributed by atoms with Crippen LogP contribution in [-0.4, -0.2) is 21.4 Å². The average molecular weight is 338 g/mol. The van der Waals surface area contributed by atoms with Crippen LogP contribution in [0.5, 0.6) is 0 Å². The van der Waals surface area contributed by atoms with Gasteiger partial charge in [0.15, 0.2) is 0 Å². The van der Waals surface area contributed by atoms with Crippen molar-refractivity contribution in [3.8, 4) is 11.5 Å². The lowest BCUT2D eigenvalue weighted by Crippen LogP contribution is -2.12. The zero-order valence-corrected chi connectivity index (χ0v) is 12.8. The van der Waals surface area contributed by atoms with Crippen LogP contribution in [0, 0.1) is 6.92 Å². The van der Waals surface area contributed by atoms with Gasteiger partial charge in [0.25, 0.3) is 0 Å². The molecule has 0 aliphatic heterocycles. The number of amides is 1. The maximum Gasteiger partial charge on any atom is 0.247 e. The van der Waals surface area contributed by atoms with Crippen molar-refractivity contribution in [3.05, 3.63) is 30.2 Å². The van der Waals surface area contributed by atoms with E-state index in [2.05, 4.69) is 31.4 Å². The Labute approximate surface area is 125 Å². The monoisotopic (exact) mass is 337 g/mol. The summed E-state index contributed by atoms with van der Waals surface area (Å²) in [5.74, 6) is 0.517. The molecule has 0 saturated heterocycles. The molecule has 6 heteroatoms. The Morgan fingerprint density at radius 2 is 2.25 bits per heavy atom. The Hall–Kier alpha value is -1.69. The van der Waals surface area contributed by atoms with Crippen molar-refractivity contribution in [1.29, 1.82) is 0 Å². The fourth-order valence-electron chi connectivity index (χ4n) is 1.83. The van der Waals surface area contributed by atoms with Crippen LogP contribution in [0.3, 0.4) is 0 Å². The second-order valence-electron chi connectivity index (χ2n) is 4.47. The number of hydrogen-bond acceptors (Lipinski definition) is 4. The molecule has 2 aromatic rings. The van der Waals surface area contributed by atoms with Gasteiger partial charge in [-0.15, -0.1) is 10.2 Å². The molecule has 1 amide bonds. The Kier molecular flexibility index (Phi) is 5.29. The standard InChI is InChI=1S/C14H16BrN3O2/c1-10-8-11(14-18-16-9-20-14)5-6-12(10)17-13(19)4-2-3-7-15/h5-6,8-9H,2-4,7H2,1H3,(H,17,19). The van der Waals surface area contributed by atoms with Gasteiger partial charge in [0.2, 0.25) is 18.2 Å². The van der Waals surface area contributed by atoms with Crippen LogP contribution < -0.4 is 5.32 Å². The van der Waals surface area contributed by atoms with E-state index in [9.17, 15) is 4.79 Å². The summed E-state index contributed by atoms with van der Waals surface area (Å²) in [6.45, 7) is 1.94. The van der Waals surface area contributed by atoms with Gasteiger partial charge in [0.05, 0.1) is 0 Å². The number of nitrogens with one attached hydrogen (secondary N) is 1. The molecule has 0 aliphatic rings. The molecule has 0 unspecified atom stereocenters. The predicted molar refractivity (Wildman–Crippen MR) is 80.7 cm³/mol. The van der Waals surface area contributed by atoms with Gasteiger partial charge in [-0.3, -0.25) is 4.79 Å². The summed E-state index contributed by atoms with van der Waals surface area (Å²) in [4.78, 5) is 11.8. The summed E-state index contributed by atoms with van der Waals surface area (Å²) in [6.07, 6.45) is 3.72. The number of carbonyl (C=O) groups is 1. The maximum absolute atomic E-state index is 11.8. The minimum absolute atomic E-state index is 0.0413. The van der Waals surface area contributed by atoms with Gasteiger partial charge >= 0.3 is 0 Å². The zero-order chi connectivity index (χ0) is 14.4. The molecule has 0 bridgehead atoms. The third-order valence-electron chi connectivity index (χ3n) is 2.89. The summed E-state index contributed by atoms with van der Waals surface area (Å²) in [6, 6.07) is 5.63. The largest absolute Gasteiger partial charge is 0.423 e. The molecule has 1 aromatic heterocycles. The average Bonchev–Trinajstić information content (AvgIpc) is 2.95. The molecule has 1 N–H and O–H groups in total. The Morgan fingerprint density at radius 1 is 1.40 bits per heavy atom. The molecule has 0 saturated carbocycles.